The van der Waals surface area contributed by atoms with Crippen molar-refractivity contribution in [1.29, 1.82) is 0 Å². The van der Waals surface area contributed by atoms with Crippen molar-refractivity contribution in [2.24, 2.45) is 0 Å². The number of aryl methyl sites for hydroxylation is 1. The summed E-state index contributed by atoms with van der Waals surface area (Å²) in [5.74, 6) is 0.864. The second kappa shape index (κ2) is 9.68. The van der Waals surface area contributed by atoms with Crippen molar-refractivity contribution in [3.05, 3.63) is 88.4 Å². The molecule has 1 N–H and O–H groups in total. The van der Waals surface area contributed by atoms with E-state index >= 15 is 0 Å². The minimum atomic E-state index is -0.248. The van der Waals surface area contributed by atoms with Gasteiger partial charge in [0.15, 0.2) is 6.61 Å². The van der Waals surface area contributed by atoms with Gasteiger partial charge in [0.05, 0.1) is 17.3 Å². The zero-order valence-corrected chi connectivity index (χ0v) is 18.2. The molecule has 0 heterocycles. The fourth-order valence-corrected chi connectivity index (χ4v) is 3.49. The van der Waals surface area contributed by atoms with Crippen molar-refractivity contribution in [2.45, 2.75) is 33.2 Å². The molecule has 3 aromatic rings. The van der Waals surface area contributed by atoms with Crippen LogP contribution < -0.4 is 9.64 Å². The number of anilines is 1. The molecular formula is C25H26ClNO3. The van der Waals surface area contributed by atoms with Crippen LogP contribution >= 0.6 is 11.6 Å². The molecule has 0 atom stereocenters. The first-order valence-corrected chi connectivity index (χ1v) is 10.3. The molecule has 30 heavy (non-hydrogen) atoms. The summed E-state index contributed by atoms with van der Waals surface area (Å²) in [4.78, 5) is 14.8. The molecule has 156 valence electrons. The third kappa shape index (κ3) is 5.14. The SMILES string of the molecule is Cc1ccc(C(C)C)c(OCC(=O)N(Cc2ccccc2O)c2ccccc2Cl)c1. The van der Waals surface area contributed by atoms with Gasteiger partial charge in [-0.15, -0.1) is 0 Å². The maximum absolute atomic E-state index is 13.2. The molecular weight excluding hydrogens is 398 g/mol. The Morgan fingerprint density at radius 2 is 1.77 bits per heavy atom. The zero-order valence-electron chi connectivity index (χ0n) is 17.4. The van der Waals surface area contributed by atoms with Crippen LogP contribution in [0.15, 0.2) is 66.7 Å². The number of para-hydroxylation sites is 2. The van der Waals surface area contributed by atoms with Crippen molar-refractivity contribution in [1.82, 2.24) is 0 Å². The maximum Gasteiger partial charge on any atom is 0.265 e. The Morgan fingerprint density at radius 1 is 1.07 bits per heavy atom. The van der Waals surface area contributed by atoms with Crippen molar-refractivity contribution >= 4 is 23.2 Å². The highest BCUT2D eigenvalue weighted by atomic mass is 35.5. The van der Waals surface area contributed by atoms with Gasteiger partial charge in [-0.05, 0) is 48.2 Å². The Morgan fingerprint density at radius 3 is 2.47 bits per heavy atom. The van der Waals surface area contributed by atoms with Crippen LogP contribution in [0.25, 0.3) is 0 Å². The van der Waals surface area contributed by atoms with Gasteiger partial charge in [0.1, 0.15) is 11.5 Å². The minimum Gasteiger partial charge on any atom is -0.508 e. The van der Waals surface area contributed by atoms with Crippen LogP contribution in [0.1, 0.15) is 36.5 Å². The molecule has 0 saturated heterocycles. The van der Waals surface area contributed by atoms with E-state index in [0.29, 0.717) is 22.0 Å². The molecule has 0 bridgehead atoms. The average Bonchev–Trinajstić information content (AvgIpc) is 2.72. The van der Waals surface area contributed by atoms with E-state index in [1.54, 1.807) is 35.2 Å². The number of carbonyl (C=O) groups is 1. The van der Waals surface area contributed by atoms with Gasteiger partial charge in [-0.1, -0.05) is 67.9 Å². The fraction of sp³-hybridized carbons (Fsp3) is 0.240. The topological polar surface area (TPSA) is 49.8 Å². The maximum atomic E-state index is 13.2. The number of amides is 1. The number of hydrogen-bond acceptors (Lipinski definition) is 3. The van der Waals surface area contributed by atoms with E-state index in [9.17, 15) is 9.90 Å². The number of nitrogens with zero attached hydrogens (tertiary/aromatic N) is 1. The highest BCUT2D eigenvalue weighted by molar-refractivity contribution is 6.33. The molecule has 5 heteroatoms. The number of phenolic OH excluding ortho intramolecular Hbond substituents is 1. The molecule has 0 fully saturated rings. The Kier molecular flexibility index (Phi) is 7.01. The number of rotatable bonds is 7. The molecule has 3 aromatic carbocycles. The monoisotopic (exact) mass is 423 g/mol. The quantitative estimate of drug-likeness (QED) is 0.500. The number of hydrogen-bond donors (Lipinski definition) is 1. The lowest BCUT2D eigenvalue weighted by Gasteiger charge is -2.25. The molecule has 3 rings (SSSR count). The highest BCUT2D eigenvalue weighted by Crippen LogP contribution is 2.30. The Balaban J connectivity index is 1.87. The first kappa shape index (κ1) is 21.7. The number of aromatic hydroxyl groups is 1. The summed E-state index contributed by atoms with van der Waals surface area (Å²) in [5.41, 5.74) is 3.32. The van der Waals surface area contributed by atoms with E-state index < -0.39 is 0 Å². The molecule has 0 aliphatic carbocycles. The molecule has 1 amide bonds. The summed E-state index contributed by atoms with van der Waals surface area (Å²) in [7, 11) is 0. The van der Waals surface area contributed by atoms with Gasteiger partial charge in [0.2, 0.25) is 0 Å². The average molecular weight is 424 g/mol. The van der Waals surface area contributed by atoms with Gasteiger partial charge in [0.25, 0.3) is 5.91 Å². The summed E-state index contributed by atoms with van der Waals surface area (Å²) in [6.45, 7) is 6.22. The molecule has 0 aliphatic rings. The Hall–Kier alpha value is -2.98. The second-order valence-electron chi connectivity index (χ2n) is 7.54. The van der Waals surface area contributed by atoms with Crippen LogP contribution in [0, 0.1) is 6.92 Å². The van der Waals surface area contributed by atoms with Crippen LogP contribution in [-0.4, -0.2) is 17.6 Å². The number of ether oxygens (including phenoxy) is 1. The van der Waals surface area contributed by atoms with Gasteiger partial charge in [-0.3, -0.25) is 4.79 Å². The third-order valence-electron chi connectivity index (χ3n) is 4.91. The fourth-order valence-electron chi connectivity index (χ4n) is 3.25. The Labute approximate surface area is 182 Å². The molecule has 0 radical (unpaired) electrons. The van der Waals surface area contributed by atoms with E-state index in [2.05, 4.69) is 13.8 Å². The van der Waals surface area contributed by atoms with Crippen molar-refractivity contribution in [3.8, 4) is 11.5 Å². The first-order chi connectivity index (χ1) is 14.4. The first-order valence-electron chi connectivity index (χ1n) is 9.92. The van der Waals surface area contributed by atoms with Crippen molar-refractivity contribution in [3.63, 3.8) is 0 Å². The molecule has 0 aliphatic heterocycles. The van der Waals surface area contributed by atoms with Crippen LogP contribution in [0.3, 0.4) is 0 Å². The normalized spacial score (nSPS) is 10.8. The molecule has 0 unspecified atom stereocenters. The summed E-state index contributed by atoms with van der Waals surface area (Å²) in [6, 6.07) is 20.1. The van der Waals surface area contributed by atoms with Gasteiger partial charge in [0, 0.05) is 5.56 Å². The van der Waals surface area contributed by atoms with E-state index in [-0.39, 0.29) is 30.7 Å². The molecule has 0 spiro atoms. The lowest BCUT2D eigenvalue weighted by Crippen LogP contribution is -2.35. The minimum absolute atomic E-state index is 0.129. The predicted molar refractivity (Wildman–Crippen MR) is 122 cm³/mol. The molecule has 0 saturated carbocycles. The highest BCUT2D eigenvalue weighted by Gasteiger charge is 2.21. The van der Waals surface area contributed by atoms with Gasteiger partial charge in [-0.2, -0.15) is 0 Å². The largest absolute Gasteiger partial charge is 0.508 e. The number of halogens is 1. The van der Waals surface area contributed by atoms with Gasteiger partial charge < -0.3 is 14.7 Å². The van der Waals surface area contributed by atoms with Crippen molar-refractivity contribution < 1.29 is 14.6 Å². The van der Waals surface area contributed by atoms with E-state index in [1.165, 1.54) is 0 Å². The number of carbonyl (C=O) groups excluding carboxylic acids is 1. The Bertz CT molecular complexity index is 1030. The third-order valence-corrected chi connectivity index (χ3v) is 5.23. The standard InChI is InChI=1S/C25H26ClNO3/c1-17(2)20-13-12-18(3)14-24(20)30-16-25(29)27(22-10-6-5-9-21(22)26)15-19-8-4-7-11-23(19)28/h4-14,17,28H,15-16H2,1-3H3. The summed E-state index contributed by atoms with van der Waals surface area (Å²) >= 11 is 6.38. The van der Waals surface area contributed by atoms with Gasteiger partial charge in [-0.25, -0.2) is 0 Å². The van der Waals surface area contributed by atoms with Gasteiger partial charge >= 0.3 is 0 Å². The van der Waals surface area contributed by atoms with Crippen LogP contribution in [-0.2, 0) is 11.3 Å². The lowest BCUT2D eigenvalue weighted by atomic mass is 10.0. The summed E-state index contributed by atoms with van der Waals surface area (Å²) in [6.07, 6.45) is 0. The molecule has 4 nitrogen and oxygen atoms in total. The number of benzene rings is 3. The van der Waals surface area contributed by atoms with E-state index in [1.807, 2.05) is 43.3 Å². The zero-order chi connectivity index (χ0) is 21.7. The van der Waals surface area contributed by atoms with Crippen molar-refractivity contribution in [2.75, 3.05) is 11.5 Å². The van der Waals surface area contributed by atoms with Crippen LogP contribution in [0.2, 0.25) is 5.02 Å². The van der Waals surface area contributed by atoms with E-state index in [0.717, 1.165) is 11.1 Å². The lowest BCUT2D eigenvalue weighted by molar-refractivity contribution is -0.120. The summed E-state index contributed by atoms with van der Waals surface area (Å²) < 4.78 is 5.95. The van der Waals surface area contributed by atoms with E-state index in [4.69, 9.17) is 16.3 Å². The second-order valence-corrected chi connectivity index (χ2v) is 7.95. The van der Waals surface area contributed by atoms with Crippen LogP contribution in [0.5, 0.6) is 11.5 Å². The van der Waals surface area contributed by atoms with Crippen LogP contribution in [0.4, 0.5) is 5.69 Å². The molecule has 0 aromatic heterocycles. The number of phenols is 1. The predicted octanol–water partition coefficient (Wildman–Crippen LogP) is 6.09. The summed E-state index contributed by atoms with van der Waals surface area (Å²) in [5, 5.41) is 10.6. The smallest absolute Gasteiger partial charge is 0.265 e.